The van der Waals surface area contributed by atoms with Crippen molar-refractivity contribution in [2.75, 3.05) is 5.32 Å². The average Bonchev–Trinajstić information content (AvgIpc) is 2.97. The number of rotatable bonds is 6. The molecule has 0 radical (unpaired) electrons. The van der Waals surface area contributed by atoms with E-state index in [1.54, 1.807) is 31.2 Å². The maximum atomic E-state index is 12.3. The van der Waals surface area contributed by atoms with E-state index in [4.69, 9.17) is 4.42 Å². The Morgan fingerprint density at radius 2 is 1.85 bits per heavy atom. The van der Waals surface area contributed by atoms with Crippen molar-refractivity contribution in [2.24, 2.45) is 0 Å². The molecule has 4 nitrogen and oxygen atoms in total. The van der Waals surface area contributed by atoms with Crippen LogP contribution < -0.4 is 5.32 Å². The van der Waals surface area contributed by atoms with E-state index in [1.165, 1.54) is 0 Å². The van der Waals surface area contributed by atoms with Crippen LogP contribution in [0.5, 0.6) is 0 Å². The second-order valence-electron chi connectivity index (χ2n) is 5.52. The number of nitrogens with zero attached hydrogens (tertiary/aromatic N) is 1. The first-order valence-electron chi connectivity index (χ1n) is 7.88. The number of alkyl halides is 2. The summed E-state index contributed by atoms with van der Waals surface area (Å²) in [5, 5.41) is 2.73. The summed E-state index contributed by atoms with van der Waals surface area (Å²) in [5.41, 5.74) is 1.94. The predicted octanol–water partition coefficient (Wildman–Crippen LogP) is 5.15. The van der Waals surface area contributed by atoms with Gasteiger partial charge in [-0.25, -0.2) is 4.98 Å². The van der Waals surface area contributed by atoms with E-state index >= 15 is 0 Å². The van der Waals surface area contributed by atoms with Crippen molar-refractivity contribution in [2.45, 2.75) is 24.0 Å². The Labute approximate surface area is 153 Å². The molecule has 7 heteroatoms. The first-order valence-corrected chi connectivity index (χ1v) is 8.75. The molecule has 0 atom stereocenters. The molecule has 3 rings (SSSR count). The van der Waals surface area contributed by atoms with E-state index in [0.717, 1.165) is 5.56 Å². The van der Waals surface area contributed by atoms with Crippen molar-refractivity contribution in [1.82, 2.24) is 4.98 Å². The fourth-order valence-corrected chi connectivity index (χ4v) is 2.87. The van der Waals surface area contributed by atoms with Gasteiger partial charge in [0, 0.05) is 16.1 Å². The van der Waals surface area contributed by atoms with Crippen LogP contribution in [0, 0.1) is 6.92 Å². The van der Waals surface area contributed by atoms with Crippen LogP contribution in [0.25, 0.3) is 11.5 Å². The number of thioether (sulfide) groups is 1. The van der Waals surface area contributed by atoms with Crippen molar-refractivity contribution in [1.29, 1.82) is 0 Å². The molecule has 0 aliphatic rings. The lowest BCUT2D eigenvalue weighted by molar-refractivity contribution is -0.115. The fourth-order valence-electron chi connectivity index (χ4n) is 2.37. The summed E-state index contributed by atoms with van der Waals surface area (Å²) >= 11 is 0.463. The lowest BCUT2D eigenvalue weighted by atomic mass is 10.2. The maximum absolute atomic E-state index is 12.3. The van der Waals surface area contributed by atoms with Crippen molar-refractivity contribution < 1.29 is 18.0 Å². The molecule has 26 heavy (non-hydrogen) atoms. The largest absolute Gasteiger partial charge is 0.441 e. The summed E-state index contributed by atoms with van der Waals surface area (Å²) in [7, 11) is 0. The molecule has 1 N–H and O–H groups in total. The molecular formula is C19H16F2N2O2S. The zero-order chi connectivity index (χ0) is 18.5. The molecule has 1 amide bonds. The Morgan fingerprint density at radius 3 is 2.50 bits per heavy atom. The minimum Gasteiger partial charge on any atom is -0.441 e. The average molecular weight is 374 g/mol. The number of hydrogen-bond donors (Lipinski definition) is 1. The van der Waals surface area contributed by atoms with E-state index in [1.807, 2.05) is 30.3 Å². The molecule has 0 unspecified atom stereocenters. The first-order chi connectivity index (χ1) is 12.5. The number of oxazole rings is 1. The molecule has 0 spiro atoms. The Bertz CT molecular complexity index is 880. The van der Waals surface area contributed by atoms with E-state index in [-0.39, 0.29) is 12.3 Å². The molecule has 0 aliphatic heterocycles. The highest BCUT2D eigenvalue weighted by atomic mass is 32.2. The lowest BCUT2D eigenvalue weighted by Gasteiger charge is -2.05. The molecular weight excluding hydrogens is 358 g/mol. The summed E-state index contributed by atoms with van der Waals surface area (Å²) in [6, 6.07) is 15.7. The summed E-state index contributed by atoms with van der Waals surface area (Å²) in [5.74, 6) is -1.67. The third kappa shape index (κ3) is 4.70. The van der Waals surface area contributed by atoms with Gasteiger partial charge in [0.2, 0.25) is 11.8 Å². The zero-order valence-electron chi connectivity index (χ0n) is 13.9. The van der Waals surface area contributed by atoms with Gasteiger partial charge in [0.1, 0.15) is 5.76 Å². The highest BCUT2D eigenvalue weighted by Crippen LogP contribution is 2.26. The van der Waals surface area contributed by atoms with Crippen LogP contribution in [0.2, 0.25) is 0 Å². The molecule has 2 aromatic carbocycles. The first kappa shape index (κ1) is 18.1. The van der Waals surface area contributed by atoms with Crippen LogP contribution in [-0.2, 0) is 11.2 Å². The molecule has 0 bridgehead atoms. The van der Waals surface area contributed by atoms with Crippen LogP contribution in [-0.4, -0.2) is 16.6 Å². The van der Waals surface area contributed by atoms with Gasteiger partial charge in [-0.05, 0) is 43.3 Å². The number of nitrogens with one attached hydrogen (secondary N) is 1. The second-order valence-corrected chi connectivity index (χ2v) is 6.58. The minimum atomic E-state index is -2.47. The van der Waals surface area contributed by atoms with Crippen molar-refractivity contribution in [3.8, 4) is 11.5 Å². The van der Waals surface area contributed by atoms with E-state index in [0.29, 0.717) is 39.7 Å². The minimum absolute atomic E-state index is 0.0652. The number of aryl methyl sites for hydroxylation is 1. The van der Waals surface area contributed by atoms with Gasteiger partial charge in [0.15, 0.2) is 0 Å². The van der Waals surface area contributed by atoms with Crippen molar-refractivity contribution in [3.05, 3.63) is 66.1 Å². The second kappa shape index (κ2) is 8.14. The molecule has 0 saturated heterocycles. The van der Waals surface area contributed by atoms with E-state index in [9.17, 15) is 13.6 Å². The summed E-state index contributed by atoms with van der Waals surface area (Å²) < 4.78 is 30.3. The van der Waals surface area contributed by atoms with Crippen molar-refractivity contribution in [3.63, 3.8) is 0 Å². The summed E-state index contributed by atoms with van der Waals surface area (Å²) in [4.78, 5) is 17.1. The smallest absolute Gasteiger partial charge is 0.288 e. The van der Waals surface area contributed by atoms with Gasteiger partial charge in [-0.3, -0.25) is 4.79 Å². The molecule has 1 heterocycles. The number of benzene rings is 2. The van der Waals surface area contributed by atoms with Gasteiger partial charge in [-0.2, -0.15) is 8.78 Å². The van der Waals surface area contributed by atoms with Gasteiger partial charge < -0.3 is 9.73 Å². The van der Waals surface area contributed by atoms with Gasteiger partial charge in [0.25, 0.3) is 5.76 Å². The van der Waals surface area contributed by atoms with Crippen LogP contribution >= 0.6 is 11.8 Å². The standard InChI is InChI=1S/C19H16F2N2O2S/c1-12-16(23-18(25-12)13-5-3-2-4-6-13)11-17(24)22-14-7-9-15(10-8-14)26-19(20)21/h2-10,19H,11H2,1H3,(H,22,24). The maximum Gasteiger partial charge on any atom is 0.288 e. The fraction of sp³-hybridized carbons (Fsp3) is 0.158. The predicted molar refractivity (Wildman–Crippen MR) is 97.3 cm³/mol. The number of carbonyl (C=O) groups is 1. The quantitative estimate of drug-likeness (QED) is 0.607. The van der Waals surface area contributed by atoms with Crippen molar-refractivity contribution >= 4 is 23.4 Å². The van der Waals surface area contributed by atoms with Crippen LogP contribution in [0.15, 0.2) is 63.9 Å². The lowest BCUT2D eigenvalue weighted by Crippen LogP contribution is -2.15. The molecule has 0 fully saturated rings. The van der Waals surface area contributed by atoms with E-state index in [2.05, 4.69) is 10.3 Å². The SMILES string of the molecule is Cc1oc(-c2ccccc2)nc1CC(=O)Nc1ccc(SC(F)F)cc1. The normalized spacial score (nSPS) is 10.9. The van der Waals surface area contributed by atoms with Gasteiger partial charge in [-0.15, -0.1) is 0 Å². The third-order valence-electron chi connectivity index (χ3n) is 3.60. The topological polar surface area (TPSA) is 55.1 Å². The molecule has 1 aromatic heterocycles. The highest BCUT2D eigenvalue weighted by Gasteiger charge is 2.15. The number of amides is 1. The number of anilines is 1. The summed E-state index contributed by atoms with van der Waals surface area (Å²) in [6.45, 7) is 1.76. The monoisotopic (exact) mass is 374 g/mol. The van der Waals surface area contributed by atoms with Gasteiger partial charge in [0.05, 0.1) is 12.1 Å². The molecule has 3 aromatic rings. The Hall–Kier alpha value is -2.67. The number of aromatic nitrogens is 1. The highest BCUT2D eigenvalue weighted by molar-refractivity contribution is 7.99. The Balaban J connectivity index is 1.64. The number of hydrogen-bond acceptors (Lipinski definition) is 4. The Kier molecular flexibility index (Phi) is 5.68. The van der Waals surface area contributed by atoms with Crippen LogP contribution in [0.3, 0.4) is 0 Å². The van der Waals surface area contributed by atoms with E-state index < -0.39 is 5.76 Å². The molecule has 134 valence electrons. The number of carbonyl (C=O) groups excluding carboxylic acids is 1. The zero-order valence-corrected chi connectivity index (χ0v) is 14.7. The Morgan fingerprint density at radius 1 is 1.15 bits per heavy atom. The molecule has 0 saturated carbocycles. The van der Waals surface area contributed by atoms with Crippen LogP contribution in [0.4, 0.5) is 14.5 Å². The summed E-state index contributed by atoms with van der Waals surface area (Å²) in [6.07, 6.45) is 0.0652. The van der Waals surface area contributed by atoms with Gasteiger partial charge in [-0.1, -0.05) is 30.0 Å². The third-order valence-corrected chi connectivity index (χ3v) is 4.33. The molecule has 0 aliphatic carbocycles. The van der Waals surface area contributed by atoms with Gasteiger partial charge >= 0.3 is 0 Å². The number of halogens is 2. The van der Waals surface area contributed by atoms with Crippen LogP contribution in [0.1, 0.15) is 11.5 Å².